The fraction of sp³-hybridized carbons (Fsp3) is 0.685. The summed E-state index contributed by atoms with van der Waals surface area (Å²) in [6.45, 7) is 6.40. The van der Waals surface area contributed by atoms with Crippen molar-refractivity contribution in [3.63, 3.8) is 0 Å². The Balaban J connectivity index is 4.36. The lowest BCUT2D eigenvalue weighted by Crippen LogP contribution is -2.30. The molecule has 1 unspecified atom stereocenters. The van der Waals surface area contributed by atoms with E-state index < -0.39 is 6.10 Å². The third-order valence-electron chi connectivity index (χ3n) is 13.9. The van der Waals surface area contributed by atoms with Gasteiger partial charge in [0.2, 0.25) is 0 Å². The first-order valence-electron chi connectivity index (χ1n) is 33.0. The lowest BCUT2D eigenvalue weighted by molar-refractivity contribution is -0.167. The molecule has 0 aliphatic rings. The number of esters is 3. The smallest absolute Gasteiger partial charge is 0.306 e. The highest BCUT2D eigenvalue weighted by atomic mass is 16.6. The van der Waals surface area contributed by atoms with Gasteiger partial charge in [0.15, 0.2) is 6.10 Å². The molecule has 1 atom stereocenters. The topological polar surface area (TPSA) is 78.9 Å². The number of unbranched alkanes of at least 4 members (excludes halogenated alkanes) is 28. The molecule has 6 heteroatoms. The summed E-state index contributed by atoms with van der Waals surface area (Å²) in [4.78, 5) is 38.4. The molecule has 450 valence electrons. The minimum Gasteiger partial charge on any atom is -0.462 e. The molecule has 6 nitrogen and oxygen atoms in total. The predicted octanol–water partition coefficient (Wildman–Crippen LogP) is 22.8. The molecule has 0 amide bonds. The van der Waals surface area contributed by atoms with Crippen LogP contribution < -0.4 is 0 Å². The number of allylic oxidation sites excluding steroid dienone is 20. The summed E-state index contributed by atoms with van der Waals surface area (Å²) in [5.41, 5.74) is 0. The van der Waals surface area contributed by atoms with Gasteiger partial charge in [0, 0.05) is 19.3 Å². The van der Waals surface area contributed by atoms with Crippen LogP contribution in [0.3, 0.4) is 0 Å². The first-order chi connectivity index (χ1) is 39.0. The van der Waals surface area contributed by atoms with Crippen molar-refractivity contribution in [1.82, 2.24) is 0 Å². The van der Waals surface area contributed by atoms with Gasteiger partial charge in [-0.05, 0) is 128 Å². The normalized spacial score (nSPS) is 12.9. The lowest BCUT2D eigenvalue weighted by atomic mass is 10.0. The molecule has 0 aromatic carbocycles. The summed E-state index contributed by atoms with van der Waals surface area (Å²) in [5.74, 6) is -0.901. The minimum absolute atomic E-state index is 0.0876. The van der Waals surface area contributed by atoms with Crippen molar-refractivity contribution < 1.29 is 28.6 Å². The summed E-state index contributed by atoms with van der Waals surface area (Å²) in [5, 5.41) is 0. The van der Waals surface area contributed by atoms with Gasteiger partial charge >= 0.3 is 17.9 Å². The molecule has 0 saturated heterocycles. The van der Waals surface area contributed by atoms with Crippen LogP contribution in [0, 0.1) is 0 Å². The molecular formula is C73H122O6. The number of hydrogen-bond donors (Lipinski definition) is 0. The van der Waals surface area contributed by atoms with Crippen molar-refractivity contribution in [3.8, 4) is 0 Å². The van der Waals surface area contributed by atoms with Gasteiger partial charge < -0.3 is 14.2 Å². The third-order valence-corrected chi connectivity index (χ3v) is 13.9. The maximum atomic E-state index is 12.9. The summed E-state index contributed by atoms with van der Waals surface area (Å²) in [6, 6.07) is 0. The maximum absolute atomic E-state index is 12.9. The van der Waals surface area contributed by atoms with Crippen LogP contribution in [0.25, 0.3) is 0 Å². The van der Waals surface area contributed by atoms with Crippen molar-refractivity contribution in [1.29, 1.82) is 0 Å². The van der Waals surface area contributed by atoms with Gasteiger partial charge in [0.1, 0.15) is 13.2 Å². The van der Waals surface area contributed by atoms with E-state index in [0.717, 1.165) is 128 Å². The second-order valence-electron chi connectivity index (χ2n) is 21.6. The van der Waals surface area contributed by atoms with Crippen molar-refractivity contribution in [2.24, 2.45) is 0 Å². The quantitative estimate of drug-likeness (QED) is 0.0261. The zero-order valence-electron chi connectivity index (χ0n) is 51.6. The van der Waals surface area contributed by atoms with E-state index in [1.54, 1.807) is 0 Å². The van der Waals surface area contributed by atoms with Crippen LogP contribution >= 0.6 is 0 Å². The maximum Gasteiger partial charge on any atom is 0.306 e. The number of rotatable bonds is 59. The lowest BCUT2D eigenvalue weighted by Gasteiger charge is -2.18. The summed E-state index contributed by atoms with van der Waals surface area (Å²) >= 11 is 0. The Hall–Kier alpha value is -4.19. The Morgan fingerprint density at radius 2 is 0.494 bits per heavy atom. The van der Waals surface area contributed by atoms with Crippen LogP contribution in [0.4, 0.5) is 0 Å². The zero-order chi connectivity index (χ0) is 57.1. The molecule has 0 saturated carbocycles. The Morgan fingerprint density at radius 1 is 0.266 bits per heavy atom. The highest BCUT2D eigenvalue weighted by molar-refractivity contribution is 5.71. The third kappa shape index (κ3) is 64.5. The van der Waals surface area contributed by atoms with Gasteiger partial charge in [-0.15, -0.1) is 0 Å². The fourth-order valence-corrected chi connectivity index (χ4v) is 9.04. The molecule has 0 aromatic heterocycles. The molecule has 0 heterocycles. The molecule has 0 bridgehead atoms. The SMILES string of the molecule is CC/C=C\C/C=C\C/C=C\C/C=C\C/C=C\CCCCCCCCCCCCCC(=O)OCC(COC(=O)CCCCCCCCC/C=C\C/C=C\CCCCC)OC(=O)CCCCCCCCC/C=C\C/C=C\C/C=C\CC. The van der Waals surface area contributed by atoms with E-state index >= 15 is 0 Å². The van der Waals surface area contributed by atoms with Crippen LogP contribution in [0.2, 0.25) is 0 Å². The number of ether oxygens (including phenoxy) is 3. The molecule has 79 heavy (non-hydrogen) atoms. The average Bonchev–Trinajstić information content (AvgIpc) is 3.45. The predicted molar refractivity (Wildman–Crippen MR) is 343 cm³/mol. The fourth-order valence-electron chi connectivity index (χ4n) is 9.04. The molecule has 0 N–H and O–H groups in total. The largest absolute Gasteiger partial charge is 0.462 e. The van der Waals surface area contributed by atoms with Crippen LogP contribution in [0.5, 0.6) is 0 Å². The van der Waals surface area contributed by atoms with Gasteiger partial charge in [0.25, 0.3) is 0 Å². The highest BCUT2D eigenvalue weighted by Gasteiger charge is 2.19. The number of carbonyl (C=O) groups is 3. The Morgan fingerprint density at radius 3 is 0.772 bits per heavy atom. The molecule has 0 radical (unpaired) electrons. The first-order valence-corrected chi connectivity index (χ1v) is 33.0. The van der Waals surface area contributed by atoms with E-state index in [-0.39, 0.29) is 31.1 Å². The van der Waals surface area contributed by atoms with Crippen molar-refractivity contribution in [3.05, 3.63) is 122 Å². The van der Waals surface area contributed by atoms with E-state index in [4.69, 9.17) is 14.2 Å². The van der Waals surface area contributed by atoms with Crippen molar-refractivity contribution in [2.45, 2.75) is 309 Å². The van der Waals surface area contributed by atoms with E-state index in [9.17, 15) is 14.4 Å². The summed E-state index contributed by atoms with van der Waals surface area (Å²) < 4.78 is 16.9. The van der Waals surface area contributed by atoms with Gasteiger partial charge in [-0.2, -0.15) is 0 Å². The van der Waals surface area contributed by atoms with Gasteiger partial charge in [-0.1, -0.05) is 277 Å². The molecule has 0 rings (SSSR count). The molecular weight excluding hydrogens is 973 g/mol. The van der Waals surface area contributed by atoms with E-state index in [1.165, 1.54) is 135 Å². The van der Waals surface area contributed by atoms with Crippen LogP contribution in [0.15, 0.2) is 122 Å². The molecule has 0 aromatic rings. The average molecular weight is 1100 g/mol. The molecule has 0 fully saturated rings. The number of hydrogen-bond acceptors (Lipinski definition) is 6. The van der Waals surface area contributed by atoms with Gasteiger partial charge in [-0.25, -0.2) is 0 Å². The monoisotopic (exact) mass is 1090 g/mol. The van der Waals surface area contributed by atoms with E-state index in [0.29, 0.717) is 19.3 Å². The Bertz CT molecular complexity index is 1640. The second kappa shape index (κ2) is 66.3. The van der Waals surface area contributed by atoms with Crippen molar-refractivity contribution in [2.75, 3.05) is 13.2 Å². The van der Waals surface area contributed by atoms with Gasteiger partial charge in [0.05, 0.1) is 0 Å². The first kappa shape index (κ1) is 74.8. The van der Waals surface area contributed by atoms with E-state index in [2.05, 4.69) is 142 Å². The standard InChI is InChI=1S/C73H122O6/c1-4-7-10-13-16-19-22-25-28-31-32-33-34-35-36-37-38-39-40-43-45-48-51-54-57-60-63-66-72(75)78-69-70(79-73(76)67-64-61-58-55-52-49-46-42-30-27-24-21-18-15-12-9-6-3)68-77-71(74)65-62-59-56-53-50-47-44-41-29-26-23-20-17-14-11-8-5-2/h7,9-10,12,16-21,25-30,32-33,35-36,70H,4-6,8,11,13-15,22-24,31,34,37-69H2,1-3H3/b10-7-,12-9-,19-16-,20-17-,21-18-,28-25-,29-26-,30-27-,33-32-,36-35-. The minimum atomic E-state index is -0.792. The van der Waals surface area contributed by atoms with Crippen LogP contribution in [-0.4, -0.2) is 37.2 Å². The van der Waals surface area contributed by atoms with Crippen LogP contribution in [0.1, 0.15) is 303 Å². The zero-order valence-corrected chi connectivity index (χ0v) is 51.6. The Kier molecular flexibility index (Phi) is 62.8. The van der Waals surface area contributed by atoms with E-state index in [1.807, 2.05) is 0 Å². The molecule has 0 aliphatic heterocycles. The Labute approximate surface area is 488 Å². The van der Waals surface area contributed by atoms with Crippen LogP contribution in [-0.2, 0) is 28.6 Å². The van der Waals surface area contributed by atoms with Crippen molar-refractivity contribution >= 4 is 17.9 Å². The number of carbonyl (C=O) groups excluding carboxylic acids is 3. The summed E-state index contributed by atoms with van der Waals surface area (Å²) in [6.07, 6.45) is 92.0. The summed E-state index contributed by atoms with van der Waals surface area (Å²) in [7, 11) is 0. The second-order valence-corrected chi connectivity index (χ2v) is 21.6. The van der Waals surface area contributed by atoms with Gasteiger partial charge in [-0.3, -0.25) is 14.4 Å². The molecule has 0 spiro atoms. The highest BCUT2D eigenvalue weighted by Crippen LogP contribution is 2.16. The molecule has 0 aliphatic carbocycles.